The summed E-state index contributed by atoms with van der Waals surface area (Å²) in [6.07, 6.45) is -0.612. The van der Waals surface area contributed by atoms with E-state index >= 15 is 0 Å². The predicted molar refractivity (Wildman–Crippen MR) is 139 cm³/mol. The largest absolute Gasteiger partial charge is 0.504 e. The van der Waals surface area contributed by atoms with Gasteiger partial charge >= 0.3 is 11.9 Å². The van der Waals surface area contributed by atoms with E-state index in [4.69, 9.17) is 9.47 Å². The Morgan fingerprint density at radius 2 is 1.78 bits per heavy atom. The number of phenols is 1. The Labute approximate surface area is 216 Å². The highest BCUT2D eigenvalue weighted by Crippen LogP contribution is 2.42. The Morgan fingerprint density at radius 1 is 1.03 bits per heavy atom. The minimum atomic E-state index is -1.19. The van der Waals surface area contributed by atoms with Crippen LogP contribution in [-0.4, -0.2) is 47.3 Å². The number of ether oxygens (including phenoxy) is 2. The molecular weight excluding hydrogens is 472 g/mol. The van der Waals surface area contributed by atoms with E-state index in [1.165, 1.54) is 13.2 Å². The second-order valence-electron chi connectivity index (χ2n) is 8.76. The lowest BCUT2D eigenvalue weighted by Gasteiger charge is -2.46. The SMILES string of the molecule is CCOC(=O)C1=C(C(=O)O)CN(Cc2ccccc2)C(c2ccc(O)c(OC)c2)N1c1cccc(C)c1. The highest BCUT2D eigenvalue weighted by molar-refractivity contribution is 6.03. The van der Waals surface area contributed by atoms with Crippen molar-refractivity contribution in [3.05, 3.63) is 101 Å². The molecular formula is C29H30N2O6. The van der Waals surface area contributed by atoms with Crippen LogP contribution < -0.4 is 9.64 Å². The molecule has 0 saturated heterocycles. The maximum atomic E-state index is 13.3. The number of aliphatic carboxylic acids is 1. The van der Waals surface area contributed by atoms with Gasteiger partial charge in [0.05, 0.1) is 19.3 Å². The molecule has 0 aromatic heterocycles. The molecule has 192 valence electrons. The van der Waals surface area contributed by atoms with Gasteiger partial charge in [-0.05, 0) is 54.8 Å². The number of carboxylic acids is 1. The van der Waals surface area contributed by atoms with Crippen molar-refractivity contribution in [2.24, 2.45) is 0 Å². The molecule has 0 saturated carbocycles. The van der Waals surface area contributed by atoms with Crippen molar-refractivity contribution in [1.82, 2.24) is 4.90 Å². The molecule has 0 fully saturated rings. The van der Waals surface area contributed by atoms with E-state index in [0.717, 1.165) is 11.1 Å². The molecule has 1 atom stereocenters. The fourth-order valence-electron chi connectivity index (χ4n) is 4.61. The molecule has 3 aromatic carbocycles. The van der Waals surface area contributed by atoms with Crippen molar-refractivity contribution >= 4 is 17.6 Å². The molecule has 3 aromatic rings. The molecule has 4 rings (SSSR count). The summed E-state index contributed by atoms with van der Waals surface area (Å²) in [6.45, 7) is 4.11. The van der Waals surface area contributed by atoms with Gasteiger partial charge < -0.3 is 24.6 Å². The van der Waals surface area contributed by atoms with Crippen molar-refractivity contribution in [2.75, 3.05) is 25.2 Å². The molecule has 1 aliphatic rings. The summed E-state index contributed by atoms with van der Waals surface area (Å²) in [5.41, 5.74) is 3.18. The van der Waals surface area contributed by atoms with Gasteiger partial charge in [0, 0.05) is 18.8 Å². The number of esters is 1. The fraction of sp³-hybridized carbons (Fsp3) is 0.241. The molecule has 8 heteroatoms. The molecule has 8 nitrogen and oxygen atoms in total. The summed E-state index contributed by atoms with van der Waals surface area (Å²) in [4.78, 5) is 29.6. The molecule has 2 N–H and O–H groups in total. The van der Waals surface area contributed by atoms with Crippen LogP contribution in [0.1, 0.15) is 29.8 Å². The highest BCUT2D eigenvalue weighted by Gasteiger charge is 2.42. The van der Waals surface area contributed by atoms with Gasteiger partial charge in [0.2, 0.25) is 0 Å². The van der Waals surface area contributed by atoms with Gasteiger partial charge in [-0.15, -0.1) is 0 Å². The molecule has 0 amide bonds. The number of methoxy groups -OCH3 is 1. The van der Waals surface area contributed by atoms with E-state index in [1.807, 2.05) is 66.4 Å². The number of rotatable bonds is 8. The minimum absolute atomic E-state index is 0.00541. The van der Waals surface area contributed by atoms with Crippen LogP contribution in [0.2, 0.25) is 0 Å². The number of benzene rings is 3. The number of carbonyl (C=O) groups is 2. The molecule has 0 aliphatic carbocycles. The second kappa shape index (κ2) is 11.2. The van der Waals surface area contributed by atoms with E-state index in [9.17, 15) is 19.8 Å². The van der Waals surface area contributed by atoms with Gasteiger partial charge in [0.15, 0.2) is 11.5 Å². The van der Waals surface area contributed by atoms with Crippen molar-refractivity contribution in [3.8, 4) is 11.5 Å². The van der Waals surface area contributed by atoms with Gasteiger partial charge in [-0.3, -0.25) is 4.90 Å². The maximum Gasteiger partial charge on any atom is 0.355 e. The van der Waals surface area contributed by atoms with Crippen LogP contribution in [0.5, 0.6) is 11.5 Å². The molecule has 0 spiro atoms. The third-order valence-electron chi connectivity index (χ3n) is 6.22. The summed E-state index contributed by atoms with van der Waals surface area (Å²) in [5, 5.41) is 20.5. The van der Waals surface area contributed by atoms with Crippen LogP contribution in [0.3, 0.4) is 0 Å². The van der Waals surface area contributed by atoms with Crippen molar-refractivity contribution < 1.29 is 29.3 Å². The number of hydrogen-bond donors (Lipinski definition) is 2. The summed E-state index contributed by atoms with van der Waals surface area (Å²) >= 11 is 0. The van der Waals surface area contributed by atoms with Gasteiger partial charge in [-0.25, -0.2) is 9.59 Å². The smallest absolute Gasteiger partial charge is 0.355 e. The monoisotopic (exact) mass is 502 g/mol. The lowest BCUT2D eigenvalue weighted by atomic mass is 9.99. The van der Waals surface area contributed by atoms with Crippen LogP contribution in [0, 0.1) is 6.92 Å². The van der Waals surface area contributed by atoms with E-state index in [2.05, 4.69) is 0 Å². The number of aryl methyl sites for hydroxylation is 1. The Kier molecular flexibility index (Phi) is 7.79. The minimum Gasteiger partial charge on any atom is -0.504 e. The number of carbonyl (C=O) groups excluding carboxylic acids is 1. The molecule has 37 heavy (non-hydrogen) atoms. The number of phenolic OH excluding ortho intramolecular Hbond substituents is 1. The highest BCUT2D eigenvalue weighted by atomic mass is 16.5. The van der Waals surface area contributed by atoms with E-state index in [-0.39, 0.29) is 35.9 Å². The zero-order valence-electron chi connectivity index (χ0n) is 21.0. The Balaban J connectivity index is 2.00. The average Bonchev–Trinajstić information content (AvgIpc) is 2.89. The number of carboxylic acid groups (broad SMARTS) is 1. The standard InChI is InChI=1S/C29H30N2O6/c1-4-37-29(35)26-23(28(33)34)18-30(17-20-10-6-5-7-11-20)27(21-13-14-24(32)25(16-21)36-3)31(26)22-12-8-9-19(2)15-22/h5-16,27,32H,4,17-18H2,1-3H3,(H,33,34). The predicted octanol–water partition coefficient (Wildman–Crippen LogP) is 4.63. The summed E-state index contributed by atoms with van der Waals surface area (Å²) in [7, 11) is 1.46. The van der Waals surface area contributed by atoms with Gasteiger partial charge in [-0.1, -0.05) is 48.5 Å². The molecule has 0 radical (unpaired) electrons. The van der Waals surface area contributed by atoms with E-state index < -0.39 is 18.1 Å². The molecule has 0 bridgehead atoms. The first-order valence-electron chi connectivity index (χ1n) is 12.0. The average molecular weight is 503 g/mol. The number of hydrogen-bond acceptors (Lipinski definition) is 7. The molecule has 1 unspecified atom stereocenters. The topological polar surface area (TPSA) is 99.5 Å². The van der Waals surface area contributed by atoms with Crippen molar-refractivity contribution in [2.45, 2.75) is 26.6 Å². The van der Waals surface area contributed by atoms with Crippen molar-refractivity contribution in [1.29, 1.82) is 0 Å². The number of aromatic hydroxyl groups is 1. The van der Waals surface area contributed by atoms with E-state index in [1.54, 1.807) is 24.0 Å². The first-order valence-corrected chi connectivity index (χ1v) is 12.0. The van der Waals surface area contributed by atoms with Crippen LogP contribution in [-0.2, 0) is 20.9 Å². The summed E-state index contributed by atoms with van der Waals surface area (Å²) in [6, 6.07) is 22.2. The Bertz CT molecular complexity index is 1320. The fourth-order valence-corrected chi connectivity index (χ4v) is 4.61. The first-order chi connectivity index (χ1) is 17.8. The van der Waals surface area contributed by atoms with Crippen LogP contribution in [0.4, 0.5) is 5.69 Å². The molecule has 1 aliphatic heterocycles. The van der Waals surface area contributed by atoms with Crippen LogP contribution in [0.15, 0.2) is 84.1 Å². The molecule has 1 heterocycles. The van der Waals surface area contributed by atoms with Gasteiger partial charge in [0.25, 0.3) is 0 Å². The summed E-state index contributed by atoms with van der Waals surface area (Å²) < 4.78 is 10.7. The zero-order valence-corrected chi connectivity index (χ0v) is 21.0. The lowest BCUT2D eigenvalue weighted by molar-refractivity contribution is -0.140. The third kappa shape index (κ3) is 5.44. The van der Waals surface area contributed by atoms with Crippen molar-refractivity contribution in [3.63, 3.8) is 0 Å². The van der Waals surface area contributed by atoms with Crippen LogP contribution in [0.25, 0.3) is 0 Å². The Morgan fingerprint density at radius 3 is 2.43 bits per heavy atom. The quantitative estimate of drug-likeness (QED) is 0.430. The normalized spacial score (nSPS) is 16.0. The Hall–Kier alpha value is -4.30. The maximum absolute atomic E-state index is 13.3. The van der Waals surface area contributed by atoms with Gasteiger partial charge in [0.1, 0.15) is 11.9 Å². The lowest BCUT2D eigenvalue weighted by Crippen LogP contribution is -2.50. The van der Waals surface area contributed by atoms with E-state index in [0.29, 0.717) is 17.8 Å². The third-order valence-corrected chi connectivity index (χ3v) is 6.22. The van der Waals surface area contributed by atoms with Crippen LogP contribution >= 0.6 is 0 Å². The summed E-state index contributed by atoms with van der Waals surface area (Å²) in [5.74, 6) is -1.66. The number of nitrogens with zero attached hydrogens (tertiary/aromatic N) is 2. The number of anilines is 1. The first kappa shape index (κ1) is 25.8. The zero-order chi connectivity index (χ0) is 26.5. The second-order valence-corrected chi connectivity index (χ2v) is 8.76. The van der Waals surface area contributed by atoms with Gasteiger partial charge in [-0.2, -0.15) is 0 Å².